The fourth-order valence-corrected chi connectivity index (χ4v) is 3.11. The van der Waals surface area contributed by atoms with Crippen molar-refractivity contribution >= 4 is 33.8 Å². The van der Waals surface area contributed by atoms with Crippen LogP contribution in [0.3, 0.4) is 0 Å². The van der Waals surface area contributed by atoms with Gasteiger partial charge in [0.25, 0.3) is 0 Å². The standard InChI is InChI=1S/C20H16FN5O4/c1-20(2,3)30-19(27)25-15-6-7-22-10-13(15)12-4-5-14(23-18(12)25)11-8-16(21)24-17(9-11)26(28)29/h4-10H,1-3H3/i21+0. The Balaban J connectivity index is 1.97. The first-order valence-electron chi connectivity index (χ1n) is 8.95. The van der Waals surface area contributed by atoms with Crippen LogP contribution in [0.25, 0.3) is 33.2 Å². The zero-order valence-electron chi connectivity index (χ0n) is 16.3. The van der Waals surface area contributed by atoms with Crippen LogP contribution in [-0.4, -0.2) is 36.1 Å². The van der Waals surface area contributed by atoms with Crippen molar-refractivity contribution in [2.75, 3.05) is 0 Å². The minimum Gasteiger partial charge on any atom is -0.443 e. The molecule has 0 amide bonds. The van der Waals surface area contributed by atoms with Crippen molar-refractivity contribution in [3.63, 3.8) is 0 Å². The van der Waals surface area contributed by atoms with Gasteiger partial charge < -0.3 is 14.9 Å². The summed E-state index contributed by atoms with van der Waals surface area (Å²) in [5, 5.41) is 12.3. The van der Waals surface area contributed by atoms with E-state index in [2.05, 4.69) is 15.0 Å². The minimum atomic E-state index is -1.00. The van der Waals surface area contributed by atoms with Crippen LogP contribution >= 0.6 is 0 Å². The van der Waals surface area contributed by atoms with Gasteiger partial charge in [-0.2, -0.15) is 4.39 Å². The molecular weight excluding hydrogens is 393 g/mol. The molecule has 10 heteroatoms. The average molecular weight is 409 g/mol. The highest BCUT2D eigenvalue weighted by molar-refractivity contribution is 6.11. The number of rotatable bonds is 2. The molecular formula is C20H16FN5O4. The number of nitrogens with zero attached hydrogens (tertiary/aromatic N) is 5. The second-order valence-electron chi connectivity index (χ2n) is 7.57. The molecule has 0 radical (unpaired) electrons. The van der Waals surface area contributed by atoms with E-state index in [0.29, 0.717) is 16.3 Å². The first kappa shape index (κ1) is 19.4. The van der Waals surface area contributed by atoms with Crippen LogP contribution in [0.1, 0.15) is 20.8 Å². The lowest BCUT2D eigenvalue weighted by atomic mass is 10.1. The highest BCUT2D eigenvalue weighted by Gasteiger charge is 2.24. The first-order chi connectivity index (χ1) is 14.1. The number of fused-ring (bicyclic) bond motifs is 3. The van der Waals surface area contributed by atoms with Crippen LogP contribution in [0.4, 0.5) is 15.0 Å². The van der Waals surface area contributed by atoms with Gasteiger partial charge in [-0.3, -0.25) is 4.98 Å². The molecule has 9 nitrogen and oxygen atoms in total. The zero-order valence-corrected chi connectivity index (χ0v) is 16.3. The van der Waals surface area contributed by atoms with Gasteiger partial charge in [0.15, 0.2) is 5.65 Å². The molecule has 4 aromatic rings. The average Bonchev–Trinajstić information content (AvgIpc) is 3.00. The Hall–Kier alpha value is -3.95. The maximum absolute atomic E-state index is 13.8. The van der Waals surface area contributed by atoms with E-state index in [0.717, 1.165) is 12.1 Å². The number of carbonyl (C=O) groups excluding carboxylic acids is 1. The minimum absolute atomic E-state index is 0.162. The van der Waals surface area contributed by atoms with E-state index < -0.39 is 28.4 Å². The van der Waals surface area contributed by atoms with Crippen molar-refractivity contribution in [2.45, 2.75) is 26.4 Å². The number of carbonyl (C=O) groups is 1. The summed E-state index contributed by atoms with van der Waals surface area (Å²) in [7, 11) is 0. The lowest BCUT2D eigenvalue weighted by Crippen LogP contribution is -2.27. The normalized spacial score (nSPS) is 11.7. The Labute approximate surface area is 169 Å². The predicted octanol–water partition coefficient (Wildman–Crippen LogP) is 4.48. The fraction of sp³-hybridized carbons (Fsp3) is 0.200. The summed E-state index contributed by atoms with van der Waals surface area (Å²) < 4.78 is 20.6. The van der Waals surface area contributed by atoms with Gasteiger partial charge in [-0.1, -0.05) is 0 Å². The molecule has 0 saturated carbocycles. The molecule has 0 aliphatic rings. The largest absolute Gasteiger partial charge is 0.443 e. The van der Waals surface area contributed by atoms with Crippen molar-refractivity contribution in [3.8, 4) is 11.3 Å². The van der Waals surface area contributed by atoms with E-state index in [4.69, 9.17) is 4.74 Å². The topological polar surface area (TPSA) is 113 Å². The molecule has 0 unspecified atom stereocenters. The number of hydrogen-bond donors (Lipinski definition) is 0. The Bertz CT molecular complexity index is 1330. The number of pyridine rings is 3. The molecule has 0 saturated heterocycles. The summed E-state index contributed by atoms with van der Waals surface area (Å²) >= 11 is 0. The lowest BCUT2D eigenvalue weighted by molar-refractivity contribution is -0.389. The molecule has 0 N–H and O–H groups in total. The van der Waals surface area contributed by atoms with E-state index in [9.17, 15) is 19.3 Å². The van der Waals surface area contributed by atoms with E-state index in [-0.39, 0.29) is 16.9 Å². The smallest absolute Gasteiger partial charge is 0.420 e. The van der Waals surface area contributed by atoms with E-state index in [1.54, 1.807) is 51.4 Å². The van der Waals surface area contributed by atoms with E-state index >= 15 is 0 Å². The first-order valence-corrected chi connectivity index (χ1v) is 8.95. The molecule has 0 aliphatic heterocycles. The monoisotopic (exact) mass is 409 g/mol. The Kier molecular flexibility index (Phi) is 4.41. The molecule has 30 heavy (non-hydrogen) atoms. The molecule has 4 aromatic heterocycles. The summed E-state index contributed by atoms with van der Waals surface area (Å²) in [5.74, 6) is -1.64. The predicted molar refractivity (Wildman–Crippen MR) is 107 cm³/mol. The van der Waals surface area contributed by atoms with Gasteiger partial charge in [-0.25, -0.2) is 14.3 Å². The quantitative estimate of drug-likeness (QED) is 0.272. The number of hydrogen-bond acceptors (Lipinski definition) is 7. The van der Waals surface area contributed by atoms with Gasteiger partial charge in [-0.05, 0) is 48.9 Å². The van der Waals surface area contributed by atoms with Crippen LogP contribution < -0.4 is 0 Å². The second kappa shape index (κ2) is 6.83. The Morgan fingerprint density at radius 3 is 2.63 bits per heavy atom. The van der Waals surface area contributed by atoms with Gasteiger partial charge >= 0.3 is 17.9 Å². The molecule has 4 heterocycles. The van der Waals surface area contributed by atoms with Crippen LogP contribution in [0.15, 0.2) is 42.7 Å². The third kappa shape index (κ3) is 3.43. The Morgan fingerprint density at radius 1 is 1.17 bits per heavy atom. The fourth-order valence-electron chi connectivity index (χ4n) is 3.11. The molecule has 0 aromatic carbocycles. The molecule has 4 rings (SSSR count). The van der Waals surface area contributed by atoms with Crippen molar-refractivity contribution < 1.29 is 18.8 Å². The summed E-state index contributed by atoms with van der Waals surface area (Å²) in [6, 6.07) is 7.12. The van der Waals surface area contributed by atoms with Crippen LogP contribution in [0.5, 0.6) is 0 Å². The second-order valence-corrected chi connectivity index (χ2v) is 7.57. The van der Waals surface area contributed by atoms with Crippen LogP contribution in [0.2, 0.25) is 0 Å². The molecule has 0 aliphatic carbocycles. The number of ether oxygens (including phenoxy) is 1. The highest BCUT2D eigenvalue weighted by atomic mass is 19.1. The van der Waals surface area contributed by atoms with E-state index in [1.807, 2.05) is 0 Å². The van der Waals surface area contributed by atoms with Crippen molar-refractivity contribution in [1.29, 1.82) is 0 Å². The number of aromatic nitrogens is 4. The maximum Gasteiger partial charge on any atom is 0.420 e. The van der Waals surface area contributed by atoms with Gasteiger partial charge in [0, 0.05) is 40.9 Å². The number of halogens is 1. The van der Waals surface area contributed by atoms with Gasteiger partial charge in [0.05, 0.1) is 11.2 Å². The zero-order chi connectivity index (χ0) is 21.6. The summed E-state index contributed by atoms with van der Waals surface area (Å²) in [6.07, 6.45) is 2.52. The van der Waals surface area contributed by atoms with Gasteiger partial charge in [-0.15, -0.1) is 0 Å². The SMILES string of the molecule is CC(C)(C)OC(=O)n1c2ccncc2c2ccc(-c3cc([19F])nc([N+](=O)[O-])c3)nc21. The molecule has 0 bridgehead atoms. The molecule has 0 atom stereocenters. The molecule has 152 valence electrons. The van der Waals surface area contributed by atoms with Crippen molar-refractivity contribution in [2.24, 2.45) is 0 Å². The third-order valence-corrected chi connectivity index (χ3v) is 4.26. The molecule has 0 spiro atoms. The Morgan fingerprint density at radius 2 is 1.93 bits per heavy atom. The summed E-state index contributed by atoms with van der Waals surface area (Å²) in [5.41, 5.74) is 0.484. The van der Waals surface area contributed by atoms with Crippen LogP contribution in [0, 0.1) is 16.1 Å². The lowest BCUT2D eigenvalue weighted by Gasteiger charge is -2.20. The van der Waals surface area contributed by atoms with Crippen molar-refractivity contribution in [1.82, 2.24) is 19.5 Å². The molecule has 0 fully saturated rings. The van der Waals surface area contributed by atoms with Crippen molar-refractivity contribution in [3.05, 3.63) is 58.8 Å². The highest BCUT2D eigenvalue weighted by Crippen LogP contribution is 2.31. The number of nitro groups is 1. The summed E-state index contributed by atoms with van der Waals surface area (Å²) in [6.45, 7) is 5.24. The third-order valence-electron chi connectivity index (χ3n) is 4.26. The van der Waals surface area contributed by atoms with Gasteiger partial charge in [0.1, 0.15) is 5.60 Å². The van der Waals surface area contributed by atoms with E-state index in [1.165, 1.54) is 4.57 Å². The van der Waals surface area contributed by atoms with Crippen LogP contribution in [-0.2, 0) is 4.74 Å². The maximum atomic E-state index is 13.8. The van der Waals surface area contributed by atoms with Gasteiger partial charge in [0.2, 0.25) is 0 Å². The summed E-state index contributed by atoms with van der Waals surface area (Å²) in [4.78, 5) is 35.0.